The molecule has 7 nitrogen and oxygen atoms in total. The molecule has 1 rings (SSSR count). The third kappa shape index (κ3) is 3.11. The summed E-state index contributed by atoms with van der Waals surface area (Å²) in [5.74, 6) is -0.351. The van der Waals surface area contributed by atoms with Crippen LogP contribution in [0, 0.1) is 0 Å². The van der Waals surface area contributed by atoms with Crippen LogP contribution >= 0.6 is 0 Å². The molecule has 8 heteroatoms. The molecule has 1 aromatic carbocycles. The van der Waals surface area contributed by atoms with Gasteiger partial charge in [0.2, 0.25) is 5.91 Å². The molecular weight excluding hydrogens is 262 g/mol. The molecule has 1 amide bonds. The Kier molecular flexibility index (Phi) is 4.15. The zero-order chi connectivity index (χ0) is 13.9. The number of rotatable bonds is 4. The van der Waals surface area contributed by atoms with Gasteiger partial charge in [0.25, 0.3) is 10.1 Å². The number of hydrogen-bond donors (Lipinski definition) is 2. The van der Waals surface area contributed by atoms with E-state index >= 15 is 0 Å². The lowest BCUT2D eigenvalue weighted by atomic mass is 10.2. The van der Waals surface area contributed by atoms with Crippen molar-refractivity contribution in [1.82, 2.24) is 0 Å². The second kappa shape index (κ2) is 5.23. The van der Waals surface area contributed by atoms with Gasteiger partial charge in [-0.2, -0.15) is 8.42 Å². The summed E-state index contributed by atoms with van der Waals surface area (Å²) in [6.07, 6.45) is 0. The van der Waals surface area contributed by atoms with E-state index in [1.165, 1.54) is 27.2 Å². The third-order valence-corrected chi connectivity index (χ3v) is 2.95. The molecule has 100 valence electrons. The highest BCUT2D eigenvalue weighted by Gasteiger charge is 2.20. The Morgan fingerprint density at radius 1 is 1.22 bits per heavy atom. The van der Waals surface area contributed by atoms with Crippen LogP contribution in [0.2, 0.25) is 0 Å². The van der Waals surface area contributed by atoms with E-state index in [9.17, 15) is 13.2 Å². The van der Waals surface area contributed by atoms with Gasteiger partial charge in [0.05, 0.1) is 19.9 Å². The van der Waals surface area contributed by atoms with Crippen LogP contribution in [0.3, 0.4) is 0 Å². The summed E-state index contributed by atoms with van der Waals surface area (Å²) in [5.41, 5.74) is 0.245. The van der Waals surface area contributed by atoms with Gasteiger partial charge in [0.1, 0.15) is 16.4 Å². The van der Waals surface area contributed by atoms with E-state index in [2.05, 4.69) is 5.32 Å². The van der Waals surface area contributed by atoms with E-state index in [1.54, 1.807) is 0 Å². The maximum atomic E-state index is 11.1. The van der Waals surface area contributed by atoms with Crippen LogP contribution in [0.25, 0.3) is 0 Å². The first-order chi connectivity index (χ1) is 8.29. The summed E-state index contributed by atoms with van der Waals surface area (Å²) < 4.78 is 41.1. The van der Waals surface area contributed by atoms with Crippen molar-refractivity contribution in [1.29, 1.82) is 0 Å². The summed E-state index contributed by atoms with van der Waals surface area (Å²) in [7, 11) is -1.89. The summed E-state index contributed by atoms with van der Waals surface area (Å²) in [6.45, 7) is 1.29. The van der Waals surface area contributed by atoms with Crippen molar-refractivity contribution in [3.05, 3.63) is 12.1 Å². The lowest BCUT2D eigenvalue weighted by molar-refractivity contribution is -0.114. The zero-order valence-corrected chi connectivity index (χ0v) is 10.9. The Hall–Kier alpha value is -1.80. The number of nitrogens with one attached hydrogen (secondary N) is 1. The Morgan fingerprint density at radius 2 is 1.78 bits per heavy atom. The minimum atomic E-state index is -4.44. The van der Waals surface area contributed by atoms with E-state index in [1.807, 2.05) is 0 Å². The van der Waals surface area contributed by atoms with E-state index in [4.69, 9.17) is 14.0 Å². The van der Waals surface area contributed by atoms with Gasteiger partial charge in [0.15, 0.2) is 0 Å². The highest BCUT2D eigenvalue weighted by molar-refractivity contribution is 7.86. The van der Waals surface area contributed by atoms with E-state index in [-0.39, 0.29) is 23.1 Å². The molecule has 0 saturated heterocycles. The molecule has 0 fully saturated rings. The average Bonchev–Trinajstić information content (AvgIpc) is 2.26. The van der Waals surface area contributed by atoms with Crippen LogP contribution in [0.4, 0.5) is 5.69 Å². The maximum absolute atomic E-state index is 11.1. The Morgan fingerprint density at radius 3 is 2.17 bits per heavy atom. The average molecular weight is 275 g/mol. The first-order valence-electron chi connectivity index (χ1n) is 4.80. The molecule has 0 aromatic heterocycles. The Balaban J connectivity index is 3.46. The number of amides is 1. The standard InChI is InChI=1S/C10H13NO6S/c1-6(12)11-7-4-9(17-3)10(18(13,14)15)5-8(7)16-2/h4-5H,1-3H3,(H,11,12)(H,13,14,15). The Bertz CT molecular complexity index is 566. The van der Waals surface area contributed by atoms with Crippen LogP contribution in [-0.4, -0.2) is 33.1 Å². The predicted octanol–water partition coefficient (Wildman–Crippen LogP) is 0.909. The largest absolute Gasteiger partial charge is 0.495 e. The van der Waals surface area contributed by atoms with Crippen LogP contribution in [0.5, 0.6) is 11.5 Å². The first-order valence-corrected chi connectivity index (χ1v) is 6.24. The molecule has 0 unspecified atom stereocenters. The minimum absolute atomic E-state index is 0.0953. The molecule has 0 aliphatic heterocycles. The van der Waals surface area contributed by atoms with Crippen LogP contribution < -0.4 is 14.8 Å². The van der Waals surface area contributed by atoms with Gasteiger partial charge < -0.3 is 14.8 Å². The fraction of sp³-hybridized carbons (Fsp3) is 0.300. The van der Waals surface area contributed by atoms with Crippen LogP contribution in [0.1, 0.15) is 6.92 Å². The molecule has 0 saturated carbocycles. The van der Waals surface area contributed by atoms with Crippen molar-refractivity contribution in [3.8, 4) is 11.5 Å². The van der Waals surface area contributed by atoms with E-state index < -0.39 is 15.0 Å². The minimum Gasteiger partial charge on any atom is -0.495 e. The topological polar surface area (TPSA) is 102 Å². The normalized spacial score (nSPS) is 10.9. The van der Waals surface area contributed by atoms with Gasteiger partial charge >= 0.3 is 0 Å². The van der Waals surface area contributed by atoms with Gasteiger partial charge in [0, 0.05) is 19.1 Å². The fourth-order valence-electron chi connectivity index (χ4n) is 1.36. The number of carbonyl (C=O) groups excluding carboxylic acids is 1. The van der Waals surface area contributed by atoms with E-state index in [0.29, 0.717) is 0 Å². The molecule has 0 aliphatic carbocycles. The quantitative estimate of drug-likeness (QED) is 0.792. The first kappa shape index (κ1) is 14.3. The summed E-state index contributed by atoms with van der Waals surface area (Å²) in [6, 6.07) is 2.32. The molecular formula is C10H13NO6S. The zero-order valence-electron chi connectivity index (χ0n) is 10.1. The van der Waals surface area contributed by atoms with Gasteiger partial charge in [-0.3, -0.25) is 9.35 Å². The van der Waals surface area contributed by atoms with Gasteiger partial charge in [-0.05, 0) is 0 Å². The van der Waals surface area contributed by atoms with Crippen molar-refractivity contribution in [2.24, 2.45) is 0 Å². The lowest BCUT2D eigenvalue weighted by Gasteiger charge is -2.13. The number of hydrogen-bond acceptors (Lipinski definition) is 5. The second-order valence-corrected chi connectivity index (χ2v) is 4.75. The molecule has 0 aliphatic rings. The number of anilines is 1. The highest BCUT2D eigenvalue weighted by Crippen LogP contribution is 2.35. The molecule has 0 spiro atoms. The lowest BCUT2D eigenvalue weighted by Crippen LogP contribution is -2.09. The van der Waals surface area contributed by atoms with Gasteiger partial charge in [-0.15, -0.1) is 0 Å². The van der Waals surface area contributed by atoms with Crippen molar-refractivity contribution in [2.75, 3.05) is 19.5 Å². The smallest absolute Gasteiger partial charge is 0.298 e. The van der Waals surface area contributed by atoms with Crippen molar-refractivity contribution in [3.63, 3.8) is 0 Å². The molecule has 0 radical (unpaired) electrons. The highest BCUT2D eigenvalue weighted by atomic mass is 32.2. The molecule has 2 N–H and O–H groups in total. The number of benzene rings is 1. The fourth-order valence-corrected chi connectivity index (χ4v) is 2.01. The van der Waals surface area contributed by atoms with Crippen molar-refractivity contribution >= 4 is 21.7 Å². The monoisotopic (exact) mass is 275 g/mol. The van der Waals surface area contributed by atoms with Crippen LogP contribution in [0.15, 0.2) is 17.0 Å². The van der Waals surface area contributed by atoms with Crippen molar-refractivity contribution in [2.45, 2.75) is 11.8 Å². The molecule has 0 bridgehead atoms. The van der Waals surface area contributed by atoms with Crippen LogP contribution in [-0.2, 0) is 14.9 Å². The number of methoxy groups -OCH3 is 2. The maximum Gasteiger partial charge on any atom is 0.298 e. The van der Waals surface area contributed by atoms with Gasteiger partial charge in [-0.1, -0.05) is 0 Å². The van der Waals surface area contributed by atoms with Gasteiger partial charge in [-0.25, -0.2) is 0 Å². The summed E-state index contributed by atoms with van der Waals surface area (Å²) in [5, 5.41) is 2.46. The Labute approximate surface area is 104 Å². The SMILES string of the molecule is COc1cc(S(=O)(=O)O)c(OC)cc1NC(C)=O. The summed E-state index contributed by atoms with van der Waals surface area (Å²) >= 11 is 0. The second-order valence-electron chi connectivity index (χ2n) is 3.36. The molecule has 18 heavy (non-hydrogen) atoms. The summed E-state index contributed by atoms with van der Waals surface area (Å²) in [4.78, 5) is 10.6. The molecule has 1 aromatic rings. The molecule has 0 atom stereocenters. The third-order valence-electron chi connectivity index (χ3n) is 2.07. The van der Waals surface area contributed by atoms with E-state index in [0.717, 1.165) is 6.07 Å². The van der Waals surface area contributed by atoms with Crippen molar-refractivity contribution < 1.29 is 27.2 Å². The number of ether oxygens (including phenoxy) is 2. The predicted molar refractivity (Wildman–Crippen MR) is 63.7 cm³/mol. The number of carbonyl (C=O) groups is 1. The molecule has 0 heterocycles.